The Hall–Kier alpha value is -1.06. The largest absolute Gasteiger partial charge is 0.494 e. The van der Waals surface area contributed by atoms with Crippen molar-refractivity contribution in [2.75, 3.05) is 26.3 Å². The molecule has 1 fully saturated rings. The summed E-state index contributed by atoms with van der Waals surface area (Å²) in [6.45, 7) is 6.44. The summed E-state index contributed by atoms with van der Waals surface area (Å²) in [6, 6.07) is 8.43. The van der Waals surface area contributed by atoms with Crippen molar-refractivity contribution in [3.63, 3.8) is 0 Å². The van der Waals surface area contributed by atoms with Crippen molar-refractivity contribution in [1.82, 2.24) is 4.90 Å². The summed E-state index contributed by atoms with van der Waals surface area (Å²) in [5, 5.41) is 9.14. The van der Waals surface area contributed by atoms with Crippen LogP contribution >= 0.6 is 0 Å². The van der Waals surface area contributed by atoms with Crippen LogP contribution in [0.4, 0.5) is 0 Å². The topological polar surface area (TPSA) is 32.7 Å². The quantitative estimate of drug-likeness (QED) is 0.856. The molecule has 0 saturated carbocycles. The molecule has 1 heterocycles. The lowest BCUT2D eigenvalue weighted by atomic mass is 9.97. The van der Waals surface area contributed by atoms with Gasteiger partial charge < -0.3 is 9.84 Å². The summed E-state index contributed by atoms with van der Waals surface area (Å²) in [4.78, 5) is 2.47. The normalized spacial score (nSPS) is 17.6. The van der Waals surface area contributed by atoms with Crippen molar-refractivity contribution in [3.8, 4) is 5.75 Å². The van der Waals surface area contributed by atoms with Gasteiger partial charge in [-0.25, -0.2) is 0 Å². The molecule has 0 aliphatic carbocycles. The third-order valence-electron chi connectivity index (χ3n) is 3.77. The van der Waals surface area contributed by atoms with Gasteiger partial charge in [0.25, 0.3) is 0 Å². The number of aliphatic hydroxyl groups is 1. The molecule has 0 bridgehead atoms. The van der Waals surface area contributed by atoms with E-state index >= 15 is 0 Å². The van der Waals surface area contributed by atoms with Crippen molar-refractivity contribution < 1.29 is 9.84 Å². The van der Waals surface area contributed by atoms with Gasteiger partial charge in [-0.1, -0.05) is 19.1 Å². The highest BCUT2D eigenvalue weighted by molar-refractivity contribution is 5.27. The fraction of sp³-hybridized carbons (Fsp3) is 0.625. The van der Waals surface area contributed by atoms with E-state index in [1.165, 1.54) is 5.56 Å². The predicted molar refractivity (Wildman–Crippen MR) is 77.3 cm³/mol. The van der Waals surface area contributed by atoms with Crippen molar-refractivity contribution in [1.29, 1.82) is 0 Å². The van der Waals surface area contributed by atoms with Gasteiger partial charge >= 0.3 is 0 Å². The van der Waals surface area contributed by atoms with E-state index in [2.05, 4.69) is 36.1 Å². The number of nitrogens with zero attached hydrogens (tertiary/aromatic N) is 1. The zero-order valence-electron chi connectivity index (χ0n) is 11.8. The maximum atomic E-state index is 9.14. The number of aliphatic hydroxyl groups excluding tert-OH is 1. The van der Waals surface area contributed by atoms with Gasteiger partial charge in [-0.3, -0.25) is 4.90 Å². The molecule has 19 heavy (non-hydrogen) atoms. The summed E-state index contributed by atoms with van der Waals surface area (Å²) < 4.78 is 5.59. The van der Waals surface area contributed by atoms with Gasteiger partial charge in [-0.05, 0) is 56.0 Å². The van der Waals surface area contributed by atoms with Crippen molar-refractivity contribution in [3.05, 3.63) is 29.8 Å². The number of piperidine rings is 1. The van der Waals surface area contributed by atoms with E-state index in [0.29, 0.717) is 12.5 Å². The Morgan fingerprint density at radius 3 is 2.47 bits per heavy atom. The monoisotopic (exact) mass is 263 g/mol. The Bertz CT molecular complexity index is 356. The summed E-state index contributed by atoms with van der Waals surface area (Å²) in [5.41, 5.74) is 1.34. The highest BCUT2D eigenvalue weighted by Gasteiger charge is 2.18. The van der Waals surface area contributed by atoms with Crippen LogP contribution in [-0.4, -0.2) is 36.3 Å². The number of benzene rings is 1. The first-order valence-corrected chi connectivity index (χ1v) is 7.36. The zero-order valence-corrected chi connectivity index (χ0v) is 11.8. The van der Waals surface area contributed by atoms with Crippen molar-refractivity contribution >= 4 is 0 Å². The molecule has 1 aliphatic heterocycles. The van der Waals surface area contributed by atoms with Crippen LogP contribution < -0.4 is 4.74 Å². The minimum absolute atomic E-state index is 0.345. The average Bonchev–Trinajstić information content (AvgIpc) is 2.47. The first-order chi connectivity index (χ1) is 9.31. The van der Waals surface area contributed by atoms with Gasteiger partial charge in [-0.2, -0.15) is 0 Å². The molecule has 1 aromatic carbocycles. The highest BCUT2D eigenvalue weighted by Crippen LogP contribution is 2.19. The van der Waals surface area contributed by atoms with E-state index in [4.69, 9.17) is 9.84 Å². The maximum absolute atomic E-state index is 9.14. The zero-order chi connectivity index (χ0) is 13.5. The van der Waals surface area contributed by atoms with Crippen molar-refractivity contribution in [2.45, 2.75) is 32.7 Å². The Morgan fingerprint density at radius 1 is 1.21 bits per heavy atom. The second-order valence-electron chi connectivity index (χ2n) is 5.39. The second-order valence-corrected chi connectivity index (χ2v) is 5.39. The van der Waals surface area contributed by atoms with Gasteiger partial charge in [0, 0.05) is 13.2 Å². The van der Waals surface area contributed by atoms with Crippen LogP contribution in [0.5, 0.6) is 5.75 Å². The number of rotatable bonds is 6. The third-order valence-corrected chi connectivity index (χ3v) is 3.77. The molecule has 3 nitrogen and oxygen atoms in total. The number of hydrogen-bond donors (Lipinski definition) is 1. The molecular weight excluding hydrogens is 238 g/mol. The molecule has 0 radical (unpaired) electrons. The maximum Gasteiger partial charge on any atom is 0.119 e. The first kappa shape index (κ1) is 14.4. The average molecular weight is 263 g/mol. The molecule has 2 rings (SSSR count). The molecule has 1 aromatic rings. The lowest BCUT2D eigenvalue weighted by molar-refractivity contribution is 0.127. The lowest BCUT2D eigenvalue weighted by Gasteiger charge is -2.31. The van der Waals surface area contributed by atoms with E-state index in [1.807, 2.05) is 0 Å². The summed E-state index contributed by atoms with van der Waals surface area (Å²) in [5.74, 6) is 1.48. The fourth-order valence-corrected chi connectivity index (χ4v) is 2.50. The molecule has 1 saturated heterocycles. The van der Waals surface area contributed by atoms with Gasteiger partial charge in [-0.15, -0.1) is 0 Å². The van der Waals surface area contributed by atoms with Crippen LogP contribution in [0.15, 0.2) is 24.3 Å². The number of likely N-dealkylation sites (tertiary alicyclic amines) is 1. The van der Waals surface area contributed by atoms with Crippen LogP contribution in [0.25, 0.3) is 0 Å². The van der Waals surface area contributed by atoms with E-state index in [9.17, 15) is 0 Å². The molecule has 3 heteroatoms. The Kier molecular flexibility index (Phi) is 5.67. The molecule has 0 atom stereocenters. The van der Waals surface area contributed by atoms with Crippen LogP contribution in [0.2, 0.25) is 0 Å². The fourth-order valence-electron chi connectivity index (χ4n) is 2.50. The molecular formula is C16H25NO2. The predicted octanol–water partition coefficient (Wildman–Crippen LogP) is 2.68. The van der Waals surface area contributed by atoms with E-state index in [1.54, 1.807) is 0 Å². The lowest BCUT2D eigenvalue weighted by Crippen LogP contribution is -2.34. The molecule has 106 valence electrons. The molecule has 1 N–H and O–H groups in total. The Morgan fingerprint density at radius 2 is 1.89 bits per heavy atom. The summed E-state index contributed by atoms with van der Waals surface area (Å²) in [7, 11) is 0. The van der Waals surface area contributed by atoms with Crippen molar-refractivity contribution in [2.24, 2.45) is 5.92 Å². The molecule has 0 aromatic heterocycles. The van der Waals surface area contributed by atoms with Crippen LogP contribution in [0.1, 0.15) is 31.7 Å². The van der Waals surface area contributed by atoms with Gasteiger partial charge in [0.1, 0.15) is 5.75 Å². The van der Waals surface area contributed by atoms with Crippen LogP contribution in [0, 0.1) is 5.92 Å². The standard InChI is InChI=1S/C16H25NO2/c1-2-11-19-16-5-3-14(4-6-16)12-17-9-7-15(13-18)8-10-17/h3-6,15,18H,2,7-13H2,1H3. The SMILES string of the molecule is CCCOc1ccc(CN2CCC(CO)CC2)cc1. The highest BCUT2D eigenvalue weighted by atomic mass is 16.5. The molecule has 0 amide bonds. The number of ether oxygens (including phenoxy) is 1. The summed E-state index contributed by atoms with van der Waals surface area (Å²) >= 11 is 0. The minimum atomic E-state index is 0.345. The molecule has 0 spiro atoms. The van der Waals surface area contributed by atoms with Crippen LogP contribution in [-0.2, 0) is 6.54 Å². The van der Waals surface area contributed by atoms with E-state index in [-0.39, 0.29) is 0 Å². The van der Waals surface area contributed by atoms with E-state index in [0.717, 1.165) is 51.3 Å². The van der Waals surface area contributed by atoms with E-state index < -0.39 is 0 Å². The van der Waals surface area contributed by atoms with Gasteiger partial charge in [0.15, 0.2) is 0 Å². The van der Waals surface area contributed by atoms with Gasteiger partial charge in [0.05, 0.1) is 6.61 Å². The second kappa shape index (κ2) is 7.51. The molecule has 1 aliphatic rings. The smallest absolute Gasteiger partial charge is 0.119 e. The molecule has 0 unspecified atom stereocenters. The Labute approximate surface area is 116 Å². The third kappa shape index (κ3) is 4.51. The van der Waals surface area contributed by atoms with Crippen LogP contribution in [0.3, 0.4) is 0 Å². The van der Waals surface area contributed by atoms with Gasteiger partial charge in [0.2, 0.25) is 0 Å². The minimum Gasteiger partial charge on any atom is -0.494 e. The Balaban J connectivity index is 1.79. The summed E-state index contributed by atoms with van der Waals surface area (Å²) in [6.07, 6.45) is 3.28. The first-order valence-electron chi connectivity index (χ1n) is 7.36. The number of hydrogen-bond acceptors (Lipinski definition) is 3.